The van der Waals surface area contributed by atoms with Gasteiger partial charge in [0, 0.05) is 5.54 Å². The van der Waals surface area contributed by atoms with Gasteiger partial charge in [0.2, 0.25) is 0 Å². The number of aromatic nitrogens is 4. The van der Waals surface area contributed by atoms with E-state index in [4.69, 9.17) is 0 Å². The summed E-state index contributed by atoms with van der Waals surface area (Å²) in [4.78, 5) is 21.0. The predicted octanol–water partition coefficient (Wildman–Crippen LogP) is 3.42. The predicted molar refractivity (Wildman–Crippen MR) is 118 cm³/mol. The minimum absolute atomic E-state index is 0.113. The molecule has 6 heterocycles. The first-order chi connectivity index (χ1) is 14.7. The molecule has 6 rings (SSSR count). The zero-order valence-corrected chi connectivity index (χ0v) is 17.6. The van der Waals surface area contributed by atoms with Crippen LogP contribution in [0.25, 0.3) is 17.7 Å². The van der Waals surface area contributed by atoms with Crippen molar-refractivity contribution in [2.75, 3.05) is 26.2 Å². The van der Waals surface area contributed by atoms with E-state index in [1.165, 1.54) is 77.5 Å². The standard InChI is InChI=1S/C24H30N6/c1-7-23(8-2-14-29(23)13-1)11-5-19-17-25-21(27-19)22-26-18-20(28-22)6-12-24-9-3-15-30(24)16-4-10-24/h5,11,17-18H,1-4,7-10,13-16H2,(H,25,27)(H,26,28)/b11-5-. The number of nitrogens with zero attached hydrogens (tertiary/aromatic N) is 4. The lowest BCUT2D eigenvalue weighted by atomic mass is 9.93. The van der Waals surface area contributed by atoms with Crippen molar-refractivity contribution in [2.24, 2.45) is 0 Å². The molecule has 0 radical (unpaired) electrons. The quantitative estimate of drug-likeness (QED) is 0.772. The van der Waals surface area contributed by atoms with Gasteiger partial charge in [-0.05, 0) is 89.5 Å². The maximum atomic E-state index is 4.55. The van der Waals surface area contributed by atoms with Crippen molar-refractivity contribution >= 4 is 6.08 Å². The van der Waals surface area contributed by atoms with Crippen LogP contribution in [0.1, 0.15) is 62.8 Å². The molecule has 6 heteroatoms. The van der Waals surface area contributed by atoms with Gasteiger partial charge in [0.25, 0.3) is 0 Å². The number of hydrogen-bond donors (Lipinski definition) is 2. The largest absolute Gasteiger partial charge is 0.336 e. The molecule has 6 nitrogen and oxygen atoms in total. The summed E-state index contributed by atoms with van der Waals surface area (Å²) in [6.07, 6.45) is 18.5. The van der Waals surface area contributed by atoms with Crippen molar-refractivity contribution in [1.82, 2.24) is 29.7 Å². The molecule has 0 spiro atoms. The molecule has 2 aromatic rings. The Morgan fingerprint density at radius 1 is 0.833 bits per heavy atom. The fraction of sp³-hybridized carbons (Fsp3) is 0.583. The number of H-pyrrole nitrogens is 2. The van der Waals surface area contributed by atoms with Crippen molar-refractivity contribution in [2.45, 2.75) is 62.4 Å². The van der Waals surface area contributed by atoms with Gasteiger partial charge >= 0.3 is 0 Å². The molecular weight excluding hydrogens is 372 g/mol. The number of aromatic amines is 2. The lowest BCUT2D eigenvalue weighted by Gasteiger charge is -2.28. The molecule has 4 fully saturated rings. The molecule has 0 aliphatic carbocycles. The van der Waals surface area contributed by atoms with Crippen LogP contribution in [-0.4, -0.2) is 67.0 Å². The lowest BCUT2D eigenvalue weighted by Crippen LogP contribution is -2.36. The van der Waals surface area contributed by atoms with E-state index in [2.05, 4.69) is 53.7 Å². The summed E-state index contributed by atoms with van der Waals surface area (Å²) >= 11 is 0. The molecule has 2 N–H and O–H groups in total. The van der Waals surface area contributed by atoms with Crippen LogP contribution in [0.3, 0.4) is 0 Å². The smallest absolute Gasteiger partial charge is 0.174 e. The maximum absolute atomic E-state index is 4.55. The number of rotatable bonds is 3. The van der Waals surface area contributed by atoms with Crippen molar-refractivity contribution < 1.29 is 0 Å². The number of imidazole rings is 2. The fourth-order valence-corrected chi connectivity index (χ4v) is 6.21. The molecule has 0 bridgehead atoms. The average molecular weight is 403 g/mol. The van der Waals surface area contributed by atoms with Gasteiger partial charge in [0.1, 0.15) is 5.69 Å². The topological polar surface area (TPSA) is 63.8 Å². The van der Waals surface area contributed by atoms with Crippen LogP contribution >= 0.6 is 0 Å². The Kier molecular flexibility index (Phi) is 4.36. The summed E-state index contributed by atoms with van der Waals surface area (Å²) in [7, 11) is 0. The molecule has 0 saturated carbocycles. The minimum Gasteiger partial charge on any atom is -0.336 e. The maximum Gasteiger partial charge on any atom is 0.174 e. The molecule has 0 unspecified atom stereocenters. The Morgan fingerprint density at radius 2 is 1.50 bits per heavy atom. The molecule has 2 aromatic heterocycles. The van der Waals surface area contributed by atoms with Crippen LogP contribution in [0.5, 0.6) is 0 Å². The SMILES string of the molecule is C(#CC12CCCN1CCC2)c1cnc(-c2ncc(/C=C\C34CCCN3CCC4)[nH]2)[nH]1. The van der Waals surface area contributed by atoms with Crippen LogP contribution in [-0.2, 0) is 0 Å². The van der Waals surface area contributed by atoms with Gasteiger partial charge in [-0.1, -0.05) is 12.0 Å². The van der Waals surface area contributed by atoms with Crippen molar-refractivity contribution in [3.8, 4) is 23.5 Å². The highest BCUT2D eigenvalue weighted by atomic mass is 15.2. The normalized spacial score (nSPS) is 24.9. The average Bonchev–Trinajstić information content (AvgIpc) is 3.55. The van der Waals surface area contributed by atoms with Crippen LogP contribution in [0.2, 0.25) is 0 Å². The lowest BCUT2D eigenvalue weighted by molar-refractivity contribution is 0.251. The third-order valence-electron chi connectivity index (χ3n) is 7.75. The first-order valence-corrected chi connectivity index (χ1v) is 11.6. The van der Waals surface area contributed by atoms with Gasteiger partial charge in [-0.25, -0.2) is 9.97 Å². The summed E-state index contributed by atoms with van der Waals surface area (Å²) < 4.78 is 0. The molecule has 4 saturated heterocycles. The van der Waals surface area contributed by atoms with Crippen LogP contribution in [0.4, 0.5) is 0 Å². The third-order valence-corrected chi connectivity index (χ3v) is 7.75. The van der Waals surface area contributed by atoms with E-state index in [1.54, 1.807) is 0 Å². The van der Waals surface area contributed by atoms with E-state index in [9.17, 15) is 0 Å². The first kappa shape index (κ1) is 18.4. The highest BCUT2D eigenvalue weighted by molar-refractivity contribution is 5.53. The van der Waals surface area contributed by atoms with E-state index in [-0.39, 0.29) is 11.1 Å². The number of fused-ring (bicyclic) bond motifs is 2. The summed E-state index contributed by atoms with van der Waals surface area (Å²) in [5.74, 6) is 8.47. The van der Waals surface area contributed by atoms with Gasteiger partial charge in [0.15, 0.2) is 11.6 Å². The fourth-order valence-electron chi connectivity index (χ4n) is 6.21. The monoisotopic (exact) mass is 402 g/mol. The second kappa shape index (κ2) is 7.11. The van der Waals surface area contributed by atoms with Crippen LogP contribution in [0, 0.1) is 11.8 Å². The molecule has 0 amide bonds. The Morgan fingerprint density at radius 3 is 2.30 bits per heavy atom. The number of hydrogen-bond acceptors (Lipinski definition) is 4. The highest BCUT2D eigenvalue weighted by Gasteiger charge is 2.43. The summed E-state index contributed by atoms with van der Waals surface area (Å²) in [5, 5.41) is 0. The van der Waals surface area contributed by atoms with Crippen LogP contribution < -0.4 is 0 Å². The van der Waals surface area contributed by atoms with Gasteiger partial charge in [-0.3, -0.25) is 9.80 Å². The molecule has 0 atom stereocenters. The molecule has 0 aromatic carbocycles. The van der Waals surface area contributed by atoms with Gasteiger partial charge in [-0.2, -0.15) is 0 Å². The van der Waals surface area contributed by atoms with Crippen molar-refractivity contribution in [1.29, 1.82) is 0 Å². The molecular formula is C24H30N6. The van der Waals surface area contributed by atoms with Crippen molar-refractivity contribution in [3.63, 3.8) is 0 Å². The molecule has 4 aliphatic rings. The van der Waals surface area contributed by atoms with E-state index in [0.717, 1.165) is 23.0 Å². The van der Waals surface area contributed by atoms with E-state index in [1.807, 2.05) is 12.4 Å². The Hall–Kier alpha value is -2.36. The van der Waals surface area contributed by atoms with Crippen molar-refractivity contribution in [3.05, 3.63) is 29.9 Å². The Balaban J connectivity index is 1.18. The Bertz CT molecular complexity index is 998. The Labute approximate surface area is 178 Å². The first-order valence-electron chi connectivity index (χ1n) is 11.6. The van der Waals surface area contributed by atoms with E-state index < -0.39 is 0 Å². The van der Waals surface area contributed by atoms with Gasteiger partial charge in [0.05, 0.1) is 23.6 Å². The number of nitrogens with one attached hydrogen (secondary N) is 2. The van der Waals surface area contributed by atoms with Crippen LogP contribution in [0.15, 0.2) is 18.5 Å². The van der Waals surface area contributed by atoms with E-state index >= 15 is 0 Å². The summed E-state index contributed by atoms with van der Waals surface area (Å²) in [6.45, 7) is 4.89. The molecule has 4 aliphatic heterocycles. The van der Waals surface area contributed by atoms with Gasteiger partial charge < -0.3 is 9.97 Å². The zero-order valence-electron chi connectivity index (χ0n) is 17.6. The summed E-state index contributed by atoms with van der Waals surface area (Å²) in [6, 6.07) is 0. The van der Waals surface area contributed by atoms with Gasteiger partial charge in [-0.15, -0.1) is 0 Å². The second-order valence-electron chi connectivity index (χ2n) is 9.44. The van der Waals surface area contributed by atoms with E-state index in [0.29, 0.717) is 0 Å². The minimum atomic E-state index is 0.113. The molecule has 30 heavy (non-hydrogen) atoms. The third kappa shape index (κ3) is 3.03. The molecule has 156 valence electrons. The zero-order chi connectivity index (χ0) is 20.0. The second-order valence-corrected chi connectivity index (χ2v) is 9.44. The summed E-state index contributed by atoms with van der Waals surface area (Å²) in [5.41, 5.74) is 2.31. The highest BCUT2D eigenvalue weighted by Crippen LogP contribution is 2.40.